The molecule has 2 unspecified atom stereocenters. The van der Waals surface area contributed by atoms with E-state index in [2.05, 4.69) is 0 Å². The van der Waals surface area contributed by atoms with Crippen molar-refractivity contribution in [2.24, 2.45) is 0 Å². The van der Waals surface area contributed by atoms with Crippen molar-refractivity contribution in [1.82, 2.24) is 0 Å². The number of hydrogen-bond acceptors (Lipinski definition) is 6. The quantitative estimate of drug-likeness (QED) is 0.597. The van der Waals surface area contributed by atoms with E-state index in [1.807, 2.05) is 0 Å². The van der Waals surface area contributed by atoms with Gasteiger partial charge in [0.2, 0.25) is 5.75 Å². The van der Waals surface area contributed by atoms with Gasteiger partial charge in [0.05, 0.1) is 7.11 Å². The first-order valence-corrected chi connectivity index (χ1v) is 7.24. The van der Waals surface area contributed by atoms with Gasteiger partial charge in [-0.3, -0.25) is 0 Å². The molecule has 0 saturated heterocycles. The molecule has 1 heterocycles. The standard InChI is InChI=1S/C17H16O6/c1-22-16-11(18)3-2-9-14-10-5-13(20)12(19)4-8(10)6-17(14,21)7-23-15(9)16/h2-5,14,18-21H,6-7H2,1H3. The Bertz CT molecular complexity index is 815. The van der Waals surface area contributed by atoms with Crippen LogP contribution in [0, 0.1) is 0 Å². The van der Waals surface area contributed by atoms with Gasteiger partial charge in [0.1, 0.15) is 12.2 Å². The van der Waals surface area contributed by atoms with Gasteiger partial charge in [0.15, 0.2) is 23.0 Å². The summed E-state index contributed by atoms with van der Waals surface area (Å²) in [5.74, 6) is -0.295. The van der Waals surface area contributed by atoms with E-state index < -0.39 is 11.5 Å². The highest BCUT2D eigenvalue weighted by Crippen LogP contribution is 2.55. The minimum absolute atomic E-state index is 0.0285. The molecule has 1 aliphatic heterocycles. The van der Waals surface area contributed by atoms with E-state index in [0.29, 0.717) is 17.7 Å². The van der Waals surface area contributed by atoms with Crippen molar-refractivity contribution in [3.8, 4) is 28.7 Å². The number of phenols is 3. The maximum absolute atomic E-state index is 11.0. The minimum atomic E-state index is -1.17. The minimum Gasteiger partial charge on any atom is -0.504 e. The first-order chi connectivity index (χ1) is 10.9. The van der Waals surface area contributed by atoms with Gasteiger partial charge in [0.25, 0.3) is 0 Å². The van der Waals surface area contributed by atoms with Crippen molar-refractivity contribution in [2.45, 2.75) is 17.9 Å². The molecule has 4 N–H and O–H groups in total. The Balaban J connectivity index is 1.96. The van der Waals surface area contributed by atoms with Crippen LogP contribution in [0.3, 0.4) is 0 Å². The third-order valence-electron chi connectivity index (χ3n) is 4.68. The predicted molar refractivity (Wildman–Crippen MR) is 80.4 cm³/mol. The second-order valence-corrected chi connectivity index (χ2v) is 6.08. The summed E-state index contributed by atoms with van der Waals surface area (Å²) in [6.45, 7) is 0.0285. The fraction of sp³-hybridized carbons (Fsp3) is 0.294. The average Bonchev–Trinajstić information content (AvgIpc) is 2.79. The number of methoxy groups -OCH3 is 1. The molecule has 120 valence electrons. The summed E-state index contributed by atoms with van der Waals surface area (Å²) in [5, 5.41) is 40.4. The van der Waals surface area contributed by atoms with Crippen LogP contribution in [0.5, 0.6) is 28.7 Å². The Hall–Kier alpha value is -2.60. The fourth-order valence-electron chi connectivity index (χ4n) is 3.71. The number of aliphatic hydroxyl groups is 1. The average molecular weight is 316 g/mol. The molecule has 2 atom stereocenters. The Labute approximate surface area is 132 Å². The van der Waals surface area contributed by atoms with Crippen LogP contribution in [-0.4, -0.2) is 39.7 Å². The van der Waals surface area contributed by atoms with Gasteiger partial charge in [-0.05, 0) is 29.3 Å². The number of ether oxygens (including phenoxy) is 2. The van der Waals surface area contributed by atoms with Crippen molar-refractivity contribution in [3.05, 3.63) is 41.0 Å². The maximum atomic E-state index is 11.0. The Morgan fingerprint density at radius 1 is 1.09 bits per heavy atom. The summed E-state index contributed by atoms with van der Waals surface area (Å²) >= 11 is 0. The fourth-order valence-corrected chi connectivity index (χ4v) is 3.71. The zero-order chi connectivity index (χ0) is 16.4. The van der Waals surface area contributed by atoms with E-state index >= 15 is 0 Å². The monoisotopic (exact) mass is 316 g/mol. The van der Waals surface area contributed by atoms with Crippen molar-refractivity contribution >= 4 is 0 Å². The van der Waals surface area contributed by atoms with Gasteiger partial charge in [-0.15, -0.1) is 0 Å². The van der Waals surface area contributed by atoms with E-state index in [1.165, 1.54) is 25.3 Å². The van der Waals surface area contributed by atoms with E-state index in [1.54, 1.807) is 6.07 Å². The van der Waals surface area contributed by atoms with Gasteiger partial charge in [-0.25, -0.2) is 0 Å². The third kappa shape index (κ3) is 1.78. The van der Waals surface area contributed by atoms with E-state index in [0.717, 1.165) is 11.1 Å². The van der Waals surface area contributed by atoms with Gasteiger partial charge in [0, 0.05) is 17.9 Å². The molecule has 0 bridgehead atoms. The van der Waals surface area contributed by atoms with Crippen LogP contribution in [0.15, 0.2) is 24.3 Å². The molecule has 0 radical (unpaired) electrons. The highest BCUT2D eigenvalue weighted by molar-refractivity contribution is 5.63. The lowest BCUT2D eigenvalue weighted by Gasteiger charge is -2.37. The molecule has 0 spiro atoms. The number of rotatable bonds is 1. The lowest BCUT2D eigenvalue weighted by atomic mass is 9.80. The second-order valence-electron chi connectivity index (χ2n) is 6.08. The molecule has 23 heavy (non-hydrogen) atoms. The number of benzene rings is 2. The van der Waals surface area contributed by atoms with Crippen LogP contribution in [-0.2, 0) is 6.42 Å². The molecule has 0 fully saturated rings. The summed E-state index contributed by atoms with van der Waals surface area (Å²) in [5.41, 5.74) is 1.01. The van der Waals surface area contributed by atoms with Gasteiger partial charge < -0.3 is 29.9 Å². The predicted octanol–water partition coefficient (Wildman–Crippen LogP) is 1.62. The normalized spacial score (nSPS) is 24.3. The van der Waals surface area contributed by atoms with Crippen LogP contribution < -0.4 is 9.47 Å². The first-order valence-electron chi connectivity index (χ1n) is 7.24. The second kappa shape index (κ2) is 4.45. The SMILES string of the molecule is COc1c(O)ccc2c1OCC1(O)Cc3cc(O)c(O)cc3C21. The Kier molecular flexibility index (Phi) is 2.72. The van der Waals surface area contributed by atoms with Crippen LogP contribution in [0.1, 0.15) is 22.6 Å². The van der Waals surface area contributed by atoms with Crippen LogP contribution in [0.4, 0.5) is 0 Å². The number of fused-ring (bicyclic) bond motifs is 5. The summed E-state index contributed by atoms with van der Waals surface area (Å²) in [6.07, 6.45) is 0.309. The summed E-state index contributed by atoms with van der Waals surface area (Å²) in [6, 6.07) is 6.12. The van der Waals surface area contributed by atoms with Crippen molar-refractivity contribution < 1.29 is 29.9 Å². The molecular weight excluding hydrogens is 300 g/mol. The molecule has 6 heteroatoms. The van der Waals surface area contributed by atoms with Crippen molar-refractivity contribution in [3.63, 3.8) is 0 Å². The van der Waals surface area contributed by atoms with Gasteiger partial charge in [-0.2, -0.15) is 0 Å². The van der Waals surface area contributed by atoms with Crippen LogP contribution in [0.25, 0.3) is 0 Å². The Morgan fingerprint density at radius 2 is 1.83 bits per heavy atom. The number of phenolic OH excluding ortho intramolecular Hbond substituents is 3. The highest BCUT2D eigenvalue weighted by atomic mass is 16.5. The number of hydrogen-bond donors (Lipinski definition) is 4. The van der Waals surface area contributed by atoms with Crippen molar-refractivity contribution in [1.29, 1.82) is 0 Å². The molecule has 4 rings (SSSR count). The molecule has 1 aliphatic carbocycles. The lowest BCUT2D eigenvalue weighted by molar-refractivity contribution is -0.0228. The summed E-state index contributed by atoms with van der Waals surface area (Å²) in [4.78, 5) is 0. The van der Waals surface area contributed by atoms with E-state index in [9.17, 15) is 20.4 Å². The molecule has 2 aromatic rings. The molecule has 2 aromatic carbocycles. The zero-order valence-electron chi connectivity index (χ0n) is 12.4. The first kappa shape index (κ1) is 14.0. The molecule has 0 saturated carbocycles. The number of aromatic hydroxyl groups is 3. The molecule has 2 aliphatic rings. The molecule has 0 amide bonds. The van der Waals surface area contributed by atoms with Crippen LogP contribution >= 0.6 is 0 Å². The van der Waals surface area contributed by atoms with E-state index in [-0.39, 0.29) is 29.6 Å². The molecular formula is C17H16O6. The highest BCUT2D eigenvalue weighted by Gasteiger charge is 2.51. The molecule has 0 aromatic heterocycles. The smallest absolute Gasteiger partial charge is 0.203 e. The third-order valence-corrected chi connectivity index (χ3v) is 4.68. The maximum Gasteiger partial charge on any atom is 0.203 e. The topological polar surface area (TPSA) is 99.4 Å². The molecule has 6 nitrogen and oxygen atoms in total. The van der Waals surface area contributed by atoms with Gasteiger partial charge >= 0.3 is 0 Å². The van der Waals surface area contributed by atoms with Crippen molar-refractivity contribution in [2.75, 3.05) is 13.7 Å². The van der Waals surface area contributed by atoms with Gasteiger partial charge in [-0.1, -0.05) is 6.07 Å². The summed E-state index contributed by atoms with van der Waals surface area (Å²) < 4.78 is 10.9. The summed E-state index contributed by atoms with van der Waals surface area (Å²) in [7, 11) is 1.44. The zero-order valence-corrected chi connectivity index (χ0v) is 12.4. The Morgan fingerprint density at radius 3 is 2.57 bits per heavy atom. The van der Waals surface area contributed by atoms with Crippen LogP contribution in [0.2, 0.25) is 0 Å². The largest absolute Gasteiger partial charge is 0.504 e. The van der Waals surface area contributed by atoms with E-state index in [4.69, 9.17) is 9.47 Å². The lowest BCUT2D eigenvalue weighted by Crippen LogP contribution is -2.44.